The molecule has 0 aliphatic rings. The number of hydrogen-bond donors (Lipinski definition) is 1. The van der Waals surface area contributed by atoms with Crippen molar-refractivity contribution in [2.24, 2.45) is 0 Å². The number of hydrogen-bond acceptors (Lipinski definition) is 3. The third-order valence-corrected chi connectivity index (χ3v) is 2.59. The number of nitrogens with zero attached hydrogens (tertiary/aromatic N) is 1. The average molecular weight is 222 g/mol. The van der Waals surface area contributed by atoms with Crippen molar-refractivity contribution in [1.29, 1.82) is 0 Å². The highest BCUT2D eigenvalue weighted by Crippen LogP contribution is 2.20. The second kappa shape index (κ2) is 4.53. The van der Waals surface area contributed by atoms with Crippen molar-refractivity contribution < 1.29 is 9.53 Å². The molecular formula is C12H18N2O2. The number of methoxy groups -OCH3 is 1. The molecule has 1 rings (SSSR count). The summed E-state index contributed by atoms with van der Waals surface area (Å²) >= 11 is 0. The molecule has 0 bridgehead atoms. The molecule has 1 aromatic rings. The summed E-state index contributed by atoms with van der Waals surface area (Å²) < 4.78 is 5.15. The van der Waals surface area contributed by atoms with E-state index in [0.29, 0.717) is 5.69 Å². The standard InChI is InChI=1S/C12H18N2O2/c1-12(2,16-4)11(15)14(3)10-7-5-6-9(13)8-10/h5-8H,13H2,1-4H3. The van der Waals surface area contributed by atoms with Crippen LogP contribution in [0.25, 0.3) is 0 Å². The number of carbonyl (C=O) groups is 1. The second-order valence-electron chi connectivity index (χ2n) is 4.17. The molecule has 0 unspecified atom stereocenters. The van der Waals surface area contributed by atoms with Gasteiger partial charge in [0.05, 0.1) is 0 Å². The lowest BCUT2D eigenvalue weighted by Gasteiger charge is -2.28. The maximum atomic E-state index is 12.1. The van der Waals surface area contributed by atoms with Gasteiger partial charge in [0.2, 0.25) is 0 Å². The van der Waals surface area contributed by atoms with Gasteiger partial charge in [-0.3, -0.25) is 4.79 Å². The minimum Gasteiger partial charge on any atom is -0.399 e. The maximum absolute atomic E-state index is 12.1. The van der Waals surface area contributed by atoms with Gasteiger partial charge in [-0.15, -0.1) is 0 Å². The van der Waals surface area contributed by atoms with Gasteiger partial charge in [0.15, 0.2) is 0 Å². The minimum absolute atomic E-state index is 0.111. The molecule has 88 valence electrons. The zero-order chi connectivity index (χ0) is 12.3. The highest BCUT2D eigenvalue weighted by Gasteiger charge is 2.30. The normalized spacial score (nSPS) is 11.2. The summed E-state index contributed by atoms with van der Waals surface area (Å²) in [5.41, 5.74) is 6.23. The highest BCUT2D eigenvalue weighted by atomic mass is 16.5. The van der Waals surface area contributed by atoms with Crippen molar-refractivity contribution in [2.75, 3.05) is 24.8 Å². The van der Waals surface area contributed by atoms with Gasteiger partial charge in [-0.25, -0.2) is 0 Å². The lowest BCUT2D eigenvalue weighted by Crippen LogP contribution is -2.44. The largest absolute Gasteiger partial charge is 0.399 e. The molecular weight excluding hydrogens is 204 g/mol. The third kappa shape index (κ3) is 2.52. The van der Waals surface area contributed by atoms with Crippen LogP contribution in [-0.4, -0.2) is 25.7 Å². The molecule has 0 radical (unpaired) electrons. The predicted octanol–water partition coefficient (Wildman–Crippen LogP) is 1.66. The molecule has 1 aromatic carbocycles. The van der Waals surface area contributed by atoms with Crippen LogP contribution in [0.5, 0.6) is 0 Å². The van der Waals surface area contributed by atoms with Gasteiger partial charge in [0.1, 0.15) is 5.60 Å². The SMILES string of the molecule is COC(C)(C)C(=O)N(C)c1cccc(N)c1. The van der Waals surface area contributed by atoms with Crippen molar-refractivity contribution in [1.82, 2.24) is 0 Å². The summed E-state index contributed by atoms with van der Waals surface area (Å²) in [4.78, 5) is 13.6. The van der Waals surface area contributed by atoms with E-state index in [1.54, 1.807) is 37.9 Å². The van der Waals surface area contributed by atoms with E-state index in [4.69, 9.17) is 10.5 Å². The molecule has 0 aliphatic heterocycles. The van der Waals surface area contributed by atoms with Gasteiger partial charge in [-0.2, -0.15) is 0 Å². The summed E-state index contributed by atoms with van der Waals surface area (Å²) in [6, 6.07) is 7.18. The molecule has 4 nitrogen and oxygen atoms in total. The first-order valence-corrected chi connectivity index (χ1v) is 5.07. The number of nitrogens with two attached hydrogens (primary N) is 1. The lowest BCUT2D eigenvalue weighted by molar-refractivity contribution is -0.136. The van der Waals surface area contributed by atoms with Crippen molar-refractivity contribution in [3.63, 3.8) is 0 Å². The number of nitrogen functional groups attached to an aromatic ring is 1. The van der Waals surface area contributed by atoms with Crippen LogP contribution in [0, 0.1) is 0 Å². The minimum atomic E-state index is -0.834. The summed E-state index contributed by atoms with van der Waals surface area (Å²) in [7, 11) is 3.23. The molecule has 0 saturated carbocycles. The number of carbonyl (C=O) groups excluding carboxylic acids is 1. The zero-order valence-electron chi connectivity index (χ0n) is 10.2. The molecule has 1 amide bonds. The summed E-state index contributed by atoms with van der Waals surface area (Å²) in [5.74, 6) is -0.111. The number of amides is 1. The van der Waals surface area contributed by atoms with Crippen LogP contribution < -0.4 is 10.6 Å². The highest BCUT2D eigenvalue weighted by molar-refractivity contribution is 5.98. The Morgan fingerprint density at radius 1 is 1.44 bits per heavy atom. The summed E-state index contributed by atoms with van der Waals surface area (Å²) in [6.07, 6.45) is 0. The first-order chi connectivity index (χ1) is 7.38. The van der Waals surface area contributed by atoms with Gasteiger partial charge >= 0.3 is 0 Å². The molecule has 0 heterocycles. The fraction of sp³-hybridized carbons (Fsp3) is 0.417. The molecule has 16 heavy (non-hydrogen) atoms. The Morgan fingerprint density at radius 2 is 2.06 bits per heavy atom. The molecule has 0 aromatic heterocycles. The fourth-order valence-corrected chi connectivity index (χ4v) is 1.34. The van der Waals surface area contributed by atoms with Gasteiger partial charge in [-0.05, 0) is 32.0 Å². The van der Waals surface area contributed by atoms with Crippen molar-refractivity contribution in [3.05, 3.63) is 24.3 Å². The van der Waals surface area contributed by atoms with Crippen LogP contribution in [0.3, 0.4) is 0 Å². The number of likely N-dealkylation sites (N-methyl/N-ethyl adjacent to an activating group) is 1. The Labute approximate surface area is 96.0 Å². The molecule has 2 N–H and O–H groups in total. The quantitative estimate of drug-likeness (QED) is 0.791. The Kier molecular flexibility index (Phi) is 3.55. The van der Waals surface area contributed by atoms with E-state index in [0.717, 1.165) is 5.69 Å². The fourth-order valence-electron chi connectivity index (χ4n) is 1.34. The molecule has 4 heteroatoms. The molecule has 0 fully saturated rings. The van der Waals surface area contributed by atoms with E-state index in [1.807, 2.05) is 12.1 Å². The van der Waals surface area contributed by atoms with Gasteiger partial charge in [-0.1, -0.05) is 6.07 Å². The average Bonchev–Trinajstić information content (AvgIpc) is 2.27. The summed E-state index contributed by atoms with van der Waals surface area (Å²) in [5, 5.41) is 0. The smallest absolute Gasteiger partial charge is 0.258 e. The van der Waals surface area contributed by atoms with Crippen molar-refractivity contribution in [2.45, 2.75) is 19.4 Å². The lowest BCUT2D eigenvalue weighted by atomic mass is 10.1. The summed E-state index contributed by atoms with van der Waals surface area (Å²) in [6.45, 7) is 3.47. The number of ether oxygens (including phenoxy) is 1. The van der Waals surface area contributed by atoms with Gasteiger partial charge in [0, 0.05) is 25.5 Å². The van der Waals surface area contributed by atoms with Crippen molar-refractivity contribution in [3.8, 4) is 0 Å². The van der Waals surface area contributed by atoms with E-state index in [1.165, 1.54) is 7.11 Å². The molecule has 0 spiro atoms. The van der Waals surface area contributed by atoms with Crippen molar-refractivity contribution >= 4 is 17.3 Å². The van der Waals surface area contributed by atoms with E-state index in [-0.39, 0.29) is 5.91 Å². The van der Waals surface area contributed by atoms with Crippen LogP contribution in [-0.2, 0) is 9.53 Å². The Hall–Kier alpha value is -1.55. The van der Waals surface area contributed by atoms with E-state index in [2.05, 4.69) is 0 Å². The third-order valence-electron chi connectivity index (χ3n) is 2.59. The molecule has 0 aliphatic carbocycles. The van der Waals surface area contributed by atoms with Crippen LogP contribution in [0.15, 0.2) is 24.3 Å². The van der Waals surface area contributed by atoms with E-state index >= 15 is 0 Å². The Morgan fingerprint density at radius 3 is 2.56 bits per heavy atom. The number of benzene rings is 1. The molecule has 0 atom stereocenters. The number of anilines is 2. The Balaban J connectivity index is 2.95. The Bertz CT molecular complexity index is 388. The predicted molar refractivity (Wildman–Crippen MR) is 65.4 cm³/mol. The maximum Gasteiger partial charge on any atom is 0.258 e. The van der Waals surface area contributed by atoms with E-state index < -0.39 is 5.60 Å². The van der Waals surface area contributed by atoms with Crippen LogP contribution >= 0.6 is 0 Å². The number of rotatable bonds is 3. The van der Waals surface area contributed by atoms with Gasteiger partial charge < -0.3 is 15.4 Å². The van der Waals surface area contributed by atoms with Crippen LogP contribution in [0.1, 0.15) is 13.8 Å². The molecule has 0 saturated heterocycles. The monoisotopic (exact) mass is 222 g/mol. The zero-order valence-corrected chi connectivity index (χ0v) is 10.2. The topological polar surface area (TPSA) is 55.6 Å². The van der Waals surface area contributed by atoms with Crippen LogP contribution in [0.4, 0.5) is 11.4 Å². The van der Waals surface area contributed by atoms with Crippen LogP contribution in [0.2, 0.25) is 0 Å². The van der Waals surface area contributed by atoms with Gasteiger partial charge in [0.25, 0.3) is 5.91 Å². The van der Waals surface area contributed by atoms with E-state index in [9.17, 15) is 4.79 Å². The first kappa shape index (κ1) is 12.5. The second-order valence-corrected chi connectivity index (χ2v) is 4.17. The first-order valence-electron chi connectivity index (χ1n) is 5.07.